The van der Waals surface area contributed by atoms with Crippen molar-refractivity contribution in [2.24, 2.45) is 0 Å². The molecular formula is C79H149NO8. The summed E-state index contributed by atoms with van der Waals surface area (Å²) in [4.78, 5) is 13.2. The lowest BCUT2D eigenvalue weighted by atomic mass is 9.99. The summed E-state index contributed by atoms with van der Waals surface area (Å²) >= 11 is 0. The molecule has 0 aromatic heterocycles. The maximum absolute atomic E-state index is 13.2. The molecule has 9 nitrogen and oxygen atoms in total. The van der Waals surface area contributed by atoms with Gasteiger partial charge < -0.3 is 40.3 Å². The third kappa shape index (κ3) is 55.8. The van der Waals surface area contributed by atoms with Gasteiger partial charge in [0.1, 0.15) is 24.4 Å². The van der Waals surface area contributed by atoms with E-state index in [1.165, 1.54) is 321 Å². The lowest BCUT2D eigenvalue weighted by molar-refractivity contribution is -0.302. The van der Waals surface area contributed by atoms with Crippen LogP contribution in [-0.4, -0.2) is 87.5 Å². The normalized spacial score (nSPS) is 18.1. The minimum atomic E-state index is -1.57. The van der Waals surface area contributed by atoms with Crippen molar-refractivity contribution in [3.63, 3.8) is 0 Å². The summed E-state index contributed by atoms with van der Waals surface area (Å²) in [6, 6.07) is -0.805. The number of rotatable bonds is 69. The van der Waals surface area contributed by atoms with Gasteiger partial charge in [0.2, 0.25) is 5.91 Å². The van der Waals surface area contributed by atoms with Crippen LogP contribution in [0, 0.1) is 0 Å². The van der Waals surface area contributed by atoms with Crippen LogP contribution in [0.4, 0.5) is 0 Å². The molecule has 1 heterocycles. The number of carbonyl (C=O) groups is 1. The molecule has 1 rings (SSSR count). The van der Waals surface area contributed by atoms with Crippen LogP contribution >= 0.6 is 0 Å². The van der Waals surface area contributed by atoms with E-state index in [0.29, 0.717) is 6.42 Å². The Labute approximate surface area is 545 Å². The molecule has 88 heavy (non-hydrogen) atoms. The Hall–Kier alpha value is -1.85. The number of aliphatic hydroxyl groups is 5. The van der Waals surface area contributed by atoms with Crippen molar-refractivity contribution < 1.29 is 39.8 Å². The first-order valence-corrected chi connectivity index (χ1v) is 38.9. The van der Waals surface area contributed by atoms with Crippen molar-refractivity contribution in [3.05, 3.63) is 48.6 Å². The van der Waals surface area contributed by atoms with Gasteiger partial charge in [0, 0.05) is 6.42 Å². The minimum absolute atomic E-state index is 0.168. The van der Waals surface area contributed by atoms with Gasteiger partial charge in [0.25, 0.3) is 0 Å². The lowest BCUT2D eigenvalue weighted by Gasteiger charge is -2.40. The van der Waals surface area contributed by atoms with Gasteiger partial charge in [-0.2, -0.15) is 0 Å². The molecule has 0 aromatic rings. The molecule has 7 atom stereocenters. The Morgan fingerprint density at radius 2 is 0.670 bits per heavy atom. The predicted molar refractivity (Wildman–Crippen MR) is 378 cm³/mol. The molecule has 0 aromatic carbocycles. The van der Waals surface area contributed by atoms with Gasteiger partial charge in [-0.1, -0.05) is 377 Å². The number of allylic oxidation sites excluding steroid dienone is 7. The summed E-state index contributed by atoms with van der Waals surface area (Å²) in [6.07, 6.45) is 86.8. The van der Waals surface area contributed by atoms with Crippen LogP contribution in [0.25, 0.3) is 0 Å². The molecule has 1 saturated heterocycles. The molecule has 0 saturated carbocycles. The average Bonchev–Trinajstić information content (AvgIpc) is 3.65. The summed E-state index contributed by atoms with van der Waals surface area (Å²) < 4.78 is 11.3. The molecule has 0 bridgehead atoms. The van der Waals surface area contributed by atoms with Crippen LogP contribution < -0.4 is 5.32 Å². The third-order valence-corrected chi connectivity index (χ3v) is 18.6. The van der Waals surface area contributed by atoms with E-state index in [4.69, 9.17) is 9.47 Å². The molecule has 1 aliphatic rings. The van der Waals surface area contributed by atoms with Crippen molar-refractivity contribution >= 4 is 5.91 Å². The topological polar surface area (TPSA) is 149 Å². The van der Waals surface area contributed by atoms with Gasteiger partial charge in [-0.25, -0.2) is 0 Å². The van der Waals surface area contributed by atoms with Crippen LogP contribution in [0.5, 0.6) is 0 Å². The Morgan fingerprint density at radius 3 is 0.989 bits per heavy atom. The highest BCUT2D eigenvalue weighted by Crippen LogP contribution is 2.24. The number of amides is 1. The summed E-state index contributed by atoms with van der Waals surface area (Å²) in [6.45, 7) is 3.82. The Bertz CT molecular complexity index is 1530. The highest BCUT2D eigenvalue weighted by molar-refractivity contribution is 5.76. The molecule has 518 valence electrons. The molecule has 0 radical (unpaired) electrons. The zero-order chi connectivity index (χ0) is 63.5. The van der Waals surface area contributed by atoms with Crippen molar-refractivity contribution in [2.75, 3.05) is 13.2 Å². The van der Waals surface area contributed by atoms with E-state index in [-0.39, 0.29) is 12.5 Å². The van der Waals surface area contributed by atoms with Gasteiger partial charge in [-0.15, -0.1) is 0 Å². The zero-order valence-corrected chi connectivity index (χ0v) is 58.3. The molecule has 1 fully saturated rings. The number of aliphatic hydroxyl groups excluding tert-OH is 5. The third-order valence-electron chi connectivity index (χ3n) is 18.6. The maximum Gasteiger partial charge on any atom is 0.220 e. The molecule has 1 amide bonds. The van der Waals surface area contributed by atoms with E-state index in [2.05, 4.69) is 55.6 Å². The van der Waals surface area contributed by atoms with Crippen LogP contribution in [0.3, 0.4) is 0 Å². The van der Waals surface area contributed by atoms with E-state index in [0.717, 1.165) is 51.4 Å². The predicted octanol–water partition coefficient (Wildman–Crippen LogP) is 21.9. The number of unbranched alkanes of at least 4 members (excludes halogenated alkanes) is 53. The van der Waals surface area contributed by atoms with Gasteiger partial charge >= 0.3 is 0 Å². The monoisotopic (exact) mass is 1240 g/mol. The largest absolute Gasteiger partial charge is 0.394 e. The minimum Gasteiger partial charge on any atom is -0.394 e. The molecule has 0 spiro atoms. The standard InChI is InChI=1S/C79H149NO8/c1-3-5-7-9-11-13-15-17-19-21-23-25-27-29-31-32-33-34-35-36-37-38-39-40-41-42-43-45-47-49-51-53-55-57-59-61-63-65-67-69-75(83)80-72(71-87-79-78(86)77(85)76(84)74(70-81)88-79)73(82)68-66-64-62-60-58-56-54-52-50-48-46-44-30-28-26-24-22-20-18-16-14-12-10-8-6-4-2/h15,17,21,23,27,29,66,68,72-74,76-79,81-82,84-86H,3-14,16,18-20,22,24-26,28,30-65,67,69-71H2,1-2H3,(H,80,83)/b17-15-,23-21-,29-27-,68-66+. The second kappa shape index (κ2) is 68.0. The summed E-state index contributed by atoms with van der Waals surface area (Å²) in [5.74, 6) is -0.168. The number of ether oxygens (including phenoxy) is 2. The van der Waals surface area contributed by atoms with E-state index >= 15 is 0 Å². The lowest BCUT2D eigenvalue weighted by Crippen LogP contribution is -2.60. The van der Waals surface area contributed by atoms with Gasteiger partial charge in [-0.05, 0) is 57.8 Å². The molecule has 9 heteroatoms. The van der Waals surface area contributed by atoms with E-state index in [1.54, 1.807) is 6.08 Å². The molecule has 1 aliphatic heterocycles. The van der Waals surface area contributed by atoms with Gasteiger partial charge in [0.15, 0.2) is 6.29 Å². The summed E-state index contributed by atoms with van der Waals surface area (Å²) in [5, 5.41) is 54.9. The average molecular weight is 1240 g/mol. The smallest absolute Gasteiger partial charge is 0.220 e. The molecule has 6 N–H and O–H groups in total. The van der Waals surface area contributed by atoms with Crippen molar-refractivity contribution in [2.45, 2.75) is 436 Å². The highest BCUT2D eigenvalue weighted by atomic mass is 16.7. The van der Waals surface area contributed by atoms with Crippen LogP contribution in [0.1, 0.15) is 393 Å². The molecule has 0 aliphatic carbocycles. The fraction of sp³-hybridized carbons (Fsp3) is 0.886. The number of nitrogens with one attached hydrogen (secondary N) is 1. The maximum atomic E-state index is 13.2. The second-order valence-electron chi connectivity index (χ2n) is 27.2. The zero-order valence-electron chi connectivity index (χ0n) is 58.3. The Balaban J connectivity index is 2.06. The SMILES string of the molecule is CCCCCCC/C=C\C/C=C\C/C=C\CCCCCCCCCCCCCCCCCCCCCCCCCCC(=O)NC(COC1OC(CO)C(O)C(O)C1O)C(O)/C=C/CCCCCCCCCCCCCCCCCCCCCCCCCC. The number of carbonyl (C=O) groups excluding carboxylic acids is 1. The first kappa shape index (κ1) is 84.2. The summed E-state index contributed by atoms with van der Waals surface area (Å²) in [5.41, 5.74) is 0. The first-order chi connectivity index (χ1) is 43.3. The van der Waals surface area contributed by atoms with E-state index in [9.17, 15) is 30.3 Å². The van der Waals surface area contributed by atoms with Crippen molar-refractivity contribution in [1.82, 2.24) is 5.32 Å². The van der Waals surface area contributed by atoms with E-state index < -0.39 is 49.5 Å². The highest BCUT2D eigenvalue weighted by Gasteiger charge is 2.44. The fourth-order valence-corrected chi connectivity index (χ4v) is 12.6. The fourth-order valence-electron chi connectivity index (χ4n) is 12.6. The van der Waals surface area contributed by atoms with Gasteiger partial charge in [0.05, 0.1) is 25.4 Å². The Kier molecular flexibility index (Phi) is 65.1. The summed E-state index contributed by atoms with van der Waals surface area (Å²) in [7, 11) is 0. The van der Waals surface area contributed by atoms with Crippen LogP contribution in [-0.2, 0) is 14.3 Å². The van der Waals surface area contributed by atoms with Crippen LogP contribution in [0.2, 0.25) is 0 Å². The van der Waals surface area contributed by atoms with Crippen molar-refractivity contribution in [1.29, 1.82) is 0 Å². The quantitative estimate of drug-likeness (QED) is 0.0261. The second-order valence-corrected chi connectivity index (χ2v) is 27.2. The molecule has 7 unspecified atom stereocenters. The Morgan fingerprint density at radius 1 is 0.386 bits per heavy atom. The van der Waals surface area contributed by atoms with Crippen LogP contribution in [0.15, 0.2) is 48.6 Å². The van der Waals surface area contributed by atoms with Crippen molar-refractivity contribution in [3.8, 4) is 0 Å². The van der Waals surface area contributed by atoms with E-state index in [1.807, 2.05) is 6.08 Å². The number of hydrogen-bond donors (Lipinski definition) is 6. The number of hydrogen-bond acceptors (Lipinski definition) is 8. The van der Waals surface area contributed by atoms with Gasteiger partial charge in [-0.3, -0.25) is 4.79 Å². The molecular weight excluding hydrogens is 1090 g/mol. The first-order valence-electron chi connectivity index (χ1n) is 38.9.